The standard InChI is InChI=1S/C28H30Cl2FN3O4S/c1-3-15-32-28(36)26(16-20-7-5-4-6-8-20)33(18-21-9-12-23(31)13-10-21)27(35)19-34(39(2,37)38)25-17-22(29)11-14-24(25)30/h4-14,17,26H,3,15-16,18-19H2,1-2H3,(H,32,36)/t26-/m1/s1. The number of amides is 2. The lowest BCUT2D eigenvalue weighted by Crippen LogP contribution is -2.53. The van der Waals surface area contributed by atoms with Gasteiger partial charge in [-0.05, 0) is 47.9 Å². The van der Waals surface area contributed by atoms with Crippen molar-refractivity contribution in [1.29, 1.82) is 0 Å². The lowest BCUT2D eigenvalue weighted by Gasteiger charge is -2.33. The smallest absolute Gasteiger partial charge is 0.244 e. The van der Waals surface area contributed by atoms with E-state index in [-0.39, 0.29) is 34.6 Å². The molecule has 0 aromatic heterocycles. The highest BCUT2D eigenvalue weighted by atomic mass is 35.5. The van der Waals surface area contributed by atoms with Crippen molar-refractivity contribution in [2.75, 3.05) is 23.7 Å². The van der Waals surface area contributed by atoms with Crippen LogP contribution in [0.3, 0.4) is 0 Å². The summed E-state index contributed by atoms with van der Waals surface area (Å²) in [6.45, 7) is 1.62. The van der Waals surface area contributed by atoms with Crippen molar-refractivity contribution in [1.82, 2.24) is 10.2 Å². The van der Waals surface area contributed by atoms with E-state index in [1.165, 1.54) is 47.4 Å². The second-order valence-corrected chi connectivity index (χ2v) is 11.8. The van der Waals surface area contributed by atoms with E-state index < -0.39 is 34.3 Å². The van der Waals surface area contributed by atoms with Gasteiger partial charge in [-0.3, -0.25) is 13.9 Å². The van der Waals surface area contributed by atoms with Gasteiger partial charge in [0.15, 0.2) is 0 Å². The minimum absolute atomic E-state index is 0.0387. The predicted molar refractivity (Wildman–Crippen MR) is 153 cm³/mol. The van der Waals surface area contributed by atoms with E-state index >= 15 is 0 Å². The summed E-state index contributed by atoms with van der Waals surface area (Å²) in [5.74, 6) is -1.48. The molecule has 0 spiro atoms. The maximum Gasteiger partial charge on any atom is 0.244 e. The van der Waals surface area contributed by atoms with Crippen LogP contribution < -0.4 is 9.62 Å². The molecule has 0 bridgehead atoms. The Morgan fingerprint density at radius 2 is 1.64 bits per heavy atom. The minimum Gasteiger partial charge on any atom is -0.354 e. The van der Waals surface area contributed by atoms with Gasteiger partial charge in [-0.15, -0.1) is 0 Å². The van der Waals surface area contributed by atoms with Crippen molar-refractivity contribution in [2.24, 2.45) is 0 Å². The molecule has 0 unspecified atom stereocenters. The number of anilines is 1. The van der Waals surface area contributed by atoms with Crippen LogP contribution in [-0.2, 0) is 32.6 Å². The van der Waals surface area contributed by atoms with Crippen LogP contribution in [0.2, 0.25) is 10.0 Å². The average molecular weight is 595 g/mol. The molecule has 0 aliphatic carbocycles. The van der Waals surface area contributed by atoms with Gasteiger partial charge in [0.1, 0.15) is 18.4 Å². The van der Waals surface area contributed by atoms with Gasteiger partial charge in [0.2, 0.25) is 21.8 Å². The van der Waals surface area contributed by atoms with E-state index in [0.717, 1.165) is 16.1 Å². The summed E-state index contributed by atoms with van der Waals surface area (Å²) >= 11 is 12.4. The van der Waals surface area contributed by atoms with Crippen molar-refractivity contribution in [2.45, 2.75) is 32.4 Å². The Bertz CT molecular complexity index is 1390. The fraction of sp³-hybridized carbons (Fsp3) is 0.286. The van der Waals surface area contributed by atoms with Gasteiger partial charge in [0.05, 0.1) is 17.0 Å². The predicted octanol–water partition coefficient (Wildman–Crippen LogP) is 5.06. The zero-order valence-electron chi connectivity index (χ0n) is 21.6. The molecular formula is C28H30Cl2FN3O4S. The zero-order valence-corrected chi connectivity index (χ0v) is 23.9. The Balaban J connectivity index is 2.06. The Labute approximate surface area is 238 Å². The summed E-state index contributed by atoms with van der Waals surface area (Å²) < 4.78 is 40.1. The highest BCUT2D eigenvalue weighted by Gasteiger charge is 2.33. The molecule has 0 heterocycles. The third-order valence-electron chi connectivity index (χ3n) is 5.94. The van der Waals surface area contributed by atoms with Crippen LogP contribution in [0, 0.1) is 5.82 Å². The van der Waals surface area contributed by atoms with Crippen LogP contribution in [-0.4, -0.2) is 50.5 Å². The molecule has 2 amide bonds. The summed E-state index contributed by atoms with van der Waals surface area (Å²) in [5, 5.41) is 3.17. The van der Waals surface area contributed by atoms with Gasteiger partial charge < -0.3 is 10.2 Å². The molecular weight excluding hydrogens is 564 g/mol. The summed E-state index contributed by atoms with van der Waals surface area (Å²) in [7, 11) is -3.99. The first-order chi connectivity index (χ1) is 18.5. The van der Waals surface area contributed by atoms with Crippen molar-refractivity contribution in [3.8, 4) is 0 Å². The number of nitrogens with one attached hydrogen (secondary N) is 1. The fourth-order valence-corrected chi connectivity index (χ4v) is 5.27. The van der Waals surface area contributed by atoms with Crippen LogP contribution in [0.4, 0.5) is 10.1 Å². The van der Waals surface area contributed by atoms with Crippen LogP contribution in [0.15, 0.2) is 72.8 Å². The Morgan fingerprint density at radius 3 is 2.26 bits per heavy atom. The molecule has 0 radical (unpaired) electrons. The number of benzene rings is 3. The van der Waals surface area contributed by atoms with Crippen LogP contribution in [0.5, 0.6) is 0 Å². The lowest BCUT2D eigenvalue weighted by molar-refractivity contribution is -0.140. The molecule has 0 aliphatic heterocycles. The SMILES string of the molecule is CCCNC(=O)[C@@H](Cc1ccccc1)N(Cc1ccc(F)cc1)C(=O)CN(c1cc(Cl)ccc1Cl)S(C)(=O)=O. The lowest BCUT2D eigenvalue weighted by atomic mass is 10.0. The molecule has 7 nitrogen and oxygen atoms in total. The number of carbonyl (C=O) groups excluding carboxylic acids is 2. The maximum absolute atomic E-state index is 13.9. The number of sulfonamides is 1. The highest BCUT2D eigenvalue weighted by molar-refractivity contribution is 7.92. The highest BCUT2D eigenvalue weighted by Crippen LogP contribution is 2.31. The van der Waals surface area contributed by atoms with Crippen molar-refractivity contribution < 1.29 is 22.4 Å². The zero-order chi connectivity index (χ0) is 28.6. The molecule has 11 heteroatoms. The maximum atomic E-state index is 13.9. The van der Waals surface area contributed by atoms with Gasteiger partial charge in [-0.2, -0.15) is 0 Å². The van der Waals surface area contributed by atoms with Gasteiger partial charge in [-0.25, -0.2) is 12.8 Å². The fourth-order valence-electron chi connectivity index (χ4n) is 3.98. The first-order valence-corrected chi connectivity index (χ1v) is 14.9. The Hall–Kier alpha value is -3.14. The first-order valence-electron chi connectivity index (χ1n) is 12.3. The topological polar surface area (TPSA) is 86.8 Å². The number of nitrogens with zero attached hydrogens (tertiary/aromatic N) is 2. The number of hydrogen-bond acceptors (Lipinski definition) is 4. The summed E-state index contributed by atoms with van der Waals surface area (Å²) in [6.07, 6.45) is 1.82. The van der Waals surface area contributed by atoms with E-state index in [0.29, 0.717) is 18.5 Å². The molecule has 1 atom stereocenters. The van der Waals surface area contributed by atoms with Crippen molar-refractivity contribution in [3.05, 3.63) is 99.8 Å². The molecule has 3 aromatic rings. The molecule has 0 aliphatic rings. The van der Waals surface area contributed by atoms with Crippen molar-refractivity contribution in [3.63, 3.8) is 0 Å². The molecule has 0 saturated heterocycles. The van der Waals surface area contributed by atoms with Crippen LogP contribution in [0.25, 0.3) is 0 Å². The van der Waals surface area contributed by atoms with Gasteiger partial charge in [0, 0.05) is 24.5 Å². The number of hydrogen-bond donors (Lipinski definition) is 1. The third-order valence-corrected chi connectivity index (χ3v) is 7.62. The molecule has 0 saturated carbocycles. The van der Waals surface area contributed by atoms with Gasteiger partial charge in [0.25, 0.3) is 0 Å². The van der Waals surface area contributed by atoms with Gasteiger partial charge >= 0.3 is 0 Å². The van der Waals surface area contributed by atoms with Crippen LogP contribution >= 0.6 is 23.2 Å². The van der Waals surface area contributed by atoms with E-state index in [1.54, 1.807) is 0 Å². The molecule has 0 fully saturated rings. The summed E-state index contributed by atoms with van der Waals surface area (Å²) in [6, 6.07) is 18.1. The molecule has 39 heavy (non-hydrogen) atoms. The molecule has 1 N–H and O–H groups in total. The molecule has 208 valence electrons. The third kappa shape index (κ3) is 8.68. The van der Waals surface area contributed by atoms with E-state index in [1.807, 2.05) is 37.3 Å². The monoisotopic (exact) mass is 593 g/mol. The number of halogens is 3. The van der Waals surface area contributed by atoms with E-state index in [9.17, 15) is 22.4 Å². The van der Waals surface area contributed by atoms with Gasteiger partial charge in [-0.1, -0.05) is 72.6 Å². The van der Waals surface area contributed by atoms with E-state index in [2.05, 4.69) is 5.32 Å². The summed E-state index contributed by atoms with van der Waals surface area (Å²) in [5.41, 5.74) is 1.42. The number of rotatable bonds is 12. The minimum atomic E-state index is -3.99. The average Bonchev–Trinajstić information content (AvgIpc) is 2.90. The number of carbonyl (C=O) groups is 2. The molecule has 3 aromatic carbocycles. The second kappa shape index (κ2) is 13.8. The largest absolute Gasteiger partial charge is 0.354 e. The van der Waals surface area contributed by atoms with Crippen molar-refractivity contribution >= 4 is 50.7 Å². The van der Waals surface area contributed by atoms with Crippen LogP contribution in [0.1, 0.15) is 24.5 Å². The summed E-state index contributed by atoms with van der Waals surface area (Å²) in [4.78, 5) is 28.7. The molecule has 3 rings (SSSR count). The Morgan fingerprint density at radius 1 is 0.974 bits per heavy atom. The Kier molecular flexibility index (Phi) is 10.7. The van der Waals surface area contributed by atoms with E-state index in [4.69, 9.17) is 23.2 Å². The second-order valence-electron chi connectivity index (χ2n) is 9.01. The first kappa shape index (κ1) is 30.4. The quantitative estimate of drug-likeness (QED) is 0.318. The normalized spacial score (nSPS) is 12.0.